The van der Waals surface area contributed by atoms with Crippen molar-refractivity contribution in [3.05, 3.63) is 54.6 Å². The molecule has 2 aliphatic rings. The zero-order chi connectivity index (χ0) is 18.6. The zero-order valence-electron chi connectivity index (χ0n) is 16.8. The van der Waals surface area contributed by atoms with Crippen LogP contribution in [-0.4, -0.2) is 22.6 Å². The van der Waals surface area contributed by atoms with E-state index in [1.165, 1.54) is 24.6 Å². The summed E-state index contributed by atoms with van der Waals surface area (Å²) in [5.41, 5.74) is 2.90. The fourth-order valence-electron chi connectivity index (χ4n) is 5.70. The van der Waals surface area contributed by atoms with E-state index in [0.29, 0.717) is 16.9 Å². The smallest absolute Gasteiger partial charge is 0.162 e. The monoisotopic (exact) mass is 392 g/mol. The summed E-state index contributed by atoms with van der Waals surface area (Å²) in [7, 11) is 0. The molecule has 0 spiro atoms. The normalized spacial score (nSPS) is 25.5. The van der Waals surface area contributed by atoms with Gasteiger partial charge in [0.15, 0.2) is 5.82 Å². The second-order valence-electron chi connectivity index (χ2n) is 9.60. The van der Waals surface area contributed by atoms with E-state index >= 15 is 0 Å². The van der Waals surface area contributed by atoms with Crippen molar-refractivity contribution in [3.8, 4) is 11.4 Å². The average molecular weight is 393 g/mol. The number of benzene rings is 2. The molecule has 4 heteroatoms. The van der Waals surface area contributed by atoms with E-state index in [2.05, 4.69) is 74.2 Å². The Morgan fingerprint density at radius 1 is 0.893 bits per heavy atom. The van der Waals surface area contributed by atoms with Crippen LogP contribution in [0.4, 0.5) is 5.82 Å². The van der Waals surface area contributed by atoms with Crippen molar-refractivity contribution in [2.75, 3.05) is 11.4 Å². The molecule has 1 saturated carbocycles. The third kappa shape index (κ3) is 3.26. The van der Waals surface area contributed by atoms with Gasteiger partial charge < -0.3 is 17.3 Å². The lowest BCUT2D eigenvalue weighted by molar-refractivity contribution is -0.00000809. The summed E-state index contributed by atoms with van der Waals surface area (Å²) in [6.07, 6.45) is 3.80. The topological polar surface area (TPSA) is 29.0 Å². The van der Waals surface area contributed by atoms with E-state index in [9.17, 15) is 0 Å². The van der Waals surface area contributed by atoms with Crippen molar-refractivity contribution in [2.24, 2.45) is 10.8 Å². The van der Waals surface area contributed by atoms with Gasteiger partial charge in [0.1, 0.15) is 5.82 Å². The molecule has 2 aromatic carbocycles. The number of fused-ring (bicyclic) bond motifs is 3. The minimum absolute atomic E-state index is 0. The Kier molecular flexibility index (Phi) is 4.62. The predicted octanol–water partition coefficient (Wildman–Crippen LogP) is 2.71. The van der Waals surface area contributed by atoms with Gasteiger partial charge in [-0.2, -0.15) is 0 Å². The van der Waals surface area contributed by atoms with Gasteiger partial charge in [-0.15, -0.1) is 0 Å². The average Bonchev–Trinajstić information content (AvgIpc) is 2.90. The highest BCUT2D eigenvalue weighted by Crippen LogP contribution is 2.53. The maximum atomic E-state index is 5.11. The third-order valence-corrected chi connectivity index (χ3v) is 6.30. The van der Waals surface area contributed by atoms with E-state index in [1.54, 1.807) is 0 Å². The van der Waals surface area contributed by atoms with Crippen LogP contribution in [0.15, 0.2) is 54.6 Å². The van der Waals surface area contributed by atoms with Gasteiger partial charge in [0.25, 0.3) is 0 Å². The van der Waals surface area contributed by atoms with Crippen molar-refractivity contribution in [2.45, 2.75) is 46.1 Å². The van der Waals surface area contributed by atoms with Crippen LogP contribution in [0.2, 0.25) is 0 Å². The molecule has 2 heterocycles. The first-order chi connectivity index (χ1) is 12.9. The van der Waals surface area contributed by atoms with Gasteiger partial charge in [0, 0.05) is 23.5 Å². The van der Waals surface area contributed by atoms with Crippen LogP contribution in [0.1, 0.15) is 40.0 Å². The van der Waals surface area contributed by atoms with Gasteiger partial charge in [-0.3, -0.25) is 0 Å². The molecule has 3 nitrogen and oxygen atoms in total. The summed E-state index contributed by atoms with van der Waals surface area (Å²) >= 11 is 0. The standard InChI is InChI=1S/C24H27N3.ClH/c1-23(2)13-18-14-24(3,15-23)16-27(18)22-19-11-7-8-12-20(19)25-21(26-22)17-9-5-4-6-10-17;/h4-12,18H,13-16H2,1-3H3;1H/p-1. The quantitative estimate of drug-likeness (QED) is 0.671. The lowest BCUT2D eigenvalue weighted by Crippen LogP contribution is -3.00. The van der Waals surface area contributed by atoms with E-state index < -0.39 is 0 Å². The van der Waals surface area contributed by atoms with Crippen LogP contribution in [0.5, 0.6) is 0 Å². The molecule has 5 rings (SSSR count). The summed E-state index contributed by atoms with van der Waals surface area (Å²) in [5, 5.41) is 1.17. The zero-order valence-corrected chi connectivity index (χ0v) is 17.6. The molecule has 2 atom stereocenters. The van der Waals surface area contributed by atoms with Gasteiger partial charge in [-0.25, -0.2) is 9.97 Å². The third-order valence-electron chi connectivity index (χ3n) is 6.30. The minimum Gasteiger partial charge on any atom is -1.00 e. The van der Waals surface area contributed by atoms with Crippen LogP contribution >= 0.6 is 0 Å². The predicted molar refractivity (Wildman–Crippen MR) is 112 cm³/mol. The van der Waals surface area contributed by atoms with E-state index in [-0.39, 0.29) is 12.4 Å². The Bertz CT molecular complexity index is 1000. The van der Waals surface area contributed by atoms with Crippen molar-refractivity contribution >= 4 is 16.7 Å². The van der Waals surface area contributed by atoms with Gasteiger partial charge >= 0.3 is 0 Å². The minimum atomic E-state index is 0. The molecule has 1 aromatic heterocycles. The van der Waals surface area contributed by atoms with E-state index in [4.69, 9.17) is 9.97 Å². The highest BCUT2D eigenvalue weighted by Gasteiger charge is 2.50. The first-order valence-corrected chi connectivity index (χ1v) is 10.0. The summed E-state index contributed by atoms with van der Waals surface area (Å²) in [6.45, 7) is 8.40. The van der Waals surface area contributed by atoms with Crippen LogP contribution in [0, 0.1) is 10.8 Å². The maximum Gasteiger partial charge on any atom is 0.162 e. The SMILES string of the molecule is CC1(C)CC2CC(C)(CN2c2nc(-c3ccccc3)nc3ccccc23)C1.[Cl-]. The molecule has 2 unspecified atom stereocenters. The fraction of sp³-hybridized carbons (Fsp3) is 0.417. The van der Waals surface area contributed by atoms with Crippen LogP contribution in [0.25, 0.3) is 22.3 Å². The number of nitrogens with zero attached hydrogens (tertiary/aromatic N) is 3. The number of hydrogen-bond donors (Lipinski definition) is 0. The molecule has 1 saturated heterocycles. The van der Waals surface area contributed by atoms with Gasteiger partial charge in [0.2, 0.25) is 0 Å². The van der Waals surface area contributed by atoms with Crippen molar-refractivity contribution in [1.29, 1.82) is 0 Å². The largest absolute Gasteiger partial charge is 1.00 e. The number of hydrogen-bond acceptors (Lipinski definition) is 3. The Hall–Kier alpha value is -2.13. The fourth-order valence-corrected chi connectivity index (χ4v) is 5.70. The highest BCUT2D eigenvalue weighted by atomic mass is 35.5. The molecule has 28 heavy (non-hydrogen) atoms. The Morgan fingerprint density at radius 3 is 2.39 bits per heavy atom. The summed E-state index contributed by atoms with van der Waals surface area (Å²) in [6, 6.07) is 19.4. The van der Waals surface area contributed by atoms with E-state index in [0.717, 1.165) is 29.3 Å². The number of halogens is 1. The summed E-state index contributed by atoms with van der Waals surface area (Å²) in [4.78, 5) is 12.6. The van der Waals surface area contributed by atoms with E-state index in [1.807, 2.05) is 6.07 Å². The Labute approximate surface area is 173 Å². The summed E-state index contributed by atoms with van der Waals surface area (Å²) in [5.74, 6) is 1.95. The van der Waals surface area contributed by atoms with Gasteiger partial charge in [0.05, 0.1) is 5.52 Å². The molecule has 0 N–H and O–H groups in total. The molecular weight excluding hydrogens is 366 g/mol. The van der Waals surface area contributed by atoms with Crippen LogP contribution in [-0.2, 0) is 0 Å². The second-order valence-corrected chi connectivity index (χ2v) is 9.60. The van der Waals surface area contributed by atoms with Crippen LogP contribution < -0.4 is 17.3 Å². The lowest BCUT2D eigenvalue weighted by atomic mass is 9.65. The van der Waals surface area contributed by atoms with Gasteiger partial charge in [-0.05, 0) is 42.2 Å². The molecule has 146 valence electrons. The molecule has 2 fully saturated rings. The Balaban J connectivity index is 0.00000192. The second kappa shape index (κ2) is 6.73. The number of aromatic nitrogens is 2. The first kappa shape index (κ1) is 19.2. The van der Waals surface area contributed by atoms with Crippen molar-refractivity contribution in [1.82, 2.24) is 9.97 Å². The van der Waals surface area contributed by atoms with Crippen LogP contribution in [0.3, 0.4) is 0 Å². The number of para-hydroxylation sites is 1. The molecule has 1 aliphatic carbocycles. The number of rotatable bonds is 2. The number of anilines is 1. The molecule has 1 aliphatic heterocycles. The molecule has 2 bridgehead atoms. The first-order valence-electron chi connectivity index (χ1n) is 10.0. The summed E-state index contributed by atoms with van der Waals surface area (Å²) < 4.78 is 0. The molecule has 0 radical (unpaired) electrons. The molecular formula is C24H27ClN3-. The maximum absolute atomic E-state index is 5.11. The van der Waals surface area contributed by atoms with Crippen molar-refractivity contribution in [3.63, 3.8) is 0 Å². The molecule has 3 aromatic rings. The Morgan fingerprint density at radius 2 is 1.61 bits per heavy atom. The van der Waals surface area contributed by atoms with Crippen molar-refractivity contribution < 1.29 is 12.4 Å². The van der Waals surface area contributed by atoms with Gasteiger partial charge in [-0.1, -0.05) is 63.2 Å². The lowest BCUT2D eigenvalue weighted by Gasteiger charge is -2.39. The molecule has 0 amide bonds. The highest BCUT2D eigenvalue weighted by molar-refractivity contribution is 5.91.